The summed E-state index contributed by atoms with van der Waals surface area (Å²) >= 11 is 0. The zero-order valence-corrected chi connectivity index (χ0v) is 10.1. The van der Waals surface area contributed by atoms with Gasteiger partial charge in [0.05, 0.1) is 10.8 Å². The van der Waals surface area contributed by atoms with Crippen LogP contribution in [0, 0.1) is 16.0 Å². The Hall–Kier alpha value is -2.44. The van der Waals surface area contributed by atoms with Gasteiger partial charge < -0.3 is 10.6 Å². The largest absolute Gasteiger partial charge is 0.355 e. The van der Waals surface area contributed by atoms with Gasteiger partial charge in [-0.05, 0) is 18.6 Å². The van der Waals surface area contributed by atoms with Crippen molar-refractivity contribution in [3.63, 3.8) is 0 Å². The monoisotopic (exact) mass is 263 g/mol. The number of anilines is 1. The van der Waals surface area contributed by atoms with Crippen LogP contribution in [0.25, 0.3) is 0 Å². The second kappa shape index (κ2) is 5.47. The summed E-state index contributed by atoms with van der Waals surface area (Å²) in [6.45, 7) is 0.331. The zero-order chi connectivity index (χ0) is 13.8. The van der Waals surface area contributed by atoms with Crippen molar-refractivity contribution in [1.29, 1.82) is 0 Å². The van der Waals surface area contributed by atoms with Gasteiger partial charge in [0.15, 0.2) is 0 Å². The zero-order valence-electron chi connectivity index (χ0n) is 10.1. The van der Waals surface area contributed by atoms with Crippen LogP contribution in [0.3, 0.4) is 0 Å². The van der Waals surface area contributed by atoms with Gasteiger partial charge in [0.1, 0.15) is 0 Å². The first-order valence-electron chi connectivity index (χ1n) is 5.88. The number of hydrogen-bond donors (Lipinski definition) is 2. The molecule has 1 aromatic carbocycles. The maximum atomic E-state index is 11.9. The minimum absolute atomic E-state index is 0.0251. The molecule has 2 rings (SSSR count). The normalized spacial score (nSPS) is 18.5. The van der Waals surface area contributed by atoms with Gasteiger partial charge in [0, 0.05) is 30.8 Å². The Kier molecular flexibility index (Phi) is 3.74. The molecule has 1 heterocycles. The molecule has 1 aliphatic rings. The topological polar surface area (TPSA) is 101 Å². The summed E-state index contributed by atoms with van der Waals surface area (Å²) in [4.78, 5) is 32.9. The molecule has 1 saturated heterocycles. The Labute approximate surface area is 109 Å². The smallest absolute Gasteiger partial charge is 0.269 e. The van der Waals surface area contributed by atoms with Crippen molar-refractivity contribution in [1.82, 2.24) is 5.32 Å². The van der Waals surface area contributed by atoms with E-state index >= 15 is 0 Å². The lowest BCUT2D eigenvalue weighted by atomic mass is 9.98. The molecule has 2 N–H and O–H groups in total. The van der Waals surface area contributed by atoms with Crippen LogP contribution >= 0.6 is 0 Å². The van der Waals surface area contributed by atoms with Crippen LogP contribution in [-0.2, 0) is 9.59 Å². The van der Waals surface area contributed by atoms with Crippen LogP contribution in [0.4, 0.5) is 11.4 Å². The van der Waals surface area contributed by atoms with Crippen LogP contribution in [0.1, 0.15) is 12.8 Å². The van der Waals surface area contributed by atoms with E-state index in [0.29, 0.717) is 25.1 Å². The molecule has 7 heteroatoms. The van der Waals surface area contributed by atoms with E-state index in [9.17, 15) is 19.7 Å². The van der Waals surface area contributed by atoms with E-state index in [-0.39, 0.29) is 23.4 Å². The van der Waals surface area contributed by atoms with Gasteiger partial charge in [-0.2, -0.15) is 0 Å². The third-order valence-electron chi connectivity index (χ3n) is 2.98. The van der Waals surface area contributed by atoms with Gasteiger partial charge in [-0.1, -0.05) is 0 Å². The first-order valence-corrected chi connectivity index (χ1v) is 5.88. The first-order chi connectivity index (χ1) is 9.06. The highest BCUT2D eigenvalue weighted by Gasteiger charge is 2.24. The van der Waals surface area contributed by atoms with Crippen LogP contribution in [0.15, 0.2) is 24.3 Å². The highest BCUT2D eigenvalue weighted by molar-refractivity contribution is 5.94. The fourth-order valence-electron chi connectivity index (χ4n) is 1.87. The minimum Gasteiger partial charge on any atom is -0.355 e. The fraction of sp³-hybridized carbons (Fsp3) is 0.333. The molecule has 0 aliphatic carbocycles. The van der Waals surface area contributed by atoms with E-state index in [1.54, 1.807) is 0 Å². The molecule has 0 spiro atoms. The lowest BCUT2D eigenvalue weighted by molar-refractivity contribution is -0.384. The lowest BCUT2D eigenvalue weighted by Crippen LogP contribution is -2.40. The van der Waals surface area contributed by atoms with Crippen molar-refractivity contribution in [2.75, 3.05) is 11.9 Å². The molecule has 1 aliphatic heterocycles. The molecule has 1 unspecified atom stereocenters. The fourth-order valence-corrected chi connectivity index (χ4v) is 1.87. The number of carbonyl (C=O) groups excluding carboxylic acids is 2. The summed E-state index contributed by atoms with van der Waals surface area (Å²) in [5.41, 5.74) is 0.482. The van der Waals surface area contributed by atoms with Gasteiger partial charge in [-0.25, -0.2) is 0 Å². The number of nitrogens with one attached hydrogen (secondary N) is 2. The van der Waals surface area contributed by atoms with Crippen LogP contribution in [0.5, 0.6) is 0 Å². The molecule has 7 nitrogen and oxygen atoms in total. The quantitative estimate of drug-likeness (QED) is 0.628. The number of amides is 2. The number of hydrogen-bond acceptors (Lipinski definition) is 4. The Morgan fingerprint density at radius 3 is 2.58 bits per heavy atom. The summed E-state index contributed by atoms with van der Waals surface area (Å²) in [7, 11) is 0. The van der Waals surface area contributed by atoms with Crippen LogP contribution in [-0.4, -0.2) is 23.3 Å². The SMILES string of the molecule is O=C1CCC(C(=O)Nc2ccc([N+](=O)[O-])cc2)CN1. The molecule has 0 radical (unpaired) electrons. The second-order valence-corrected chi connectivity index (χ2v) is 4.33. The molecular formula is C12H13N3O4. The van der Waals surface area contributed by atoms with Crippen molar-refractivity contribution in [3.8, 4) is 0 Å². The first kappa shape index (κ1) is 13.0. The average Bonchev–Trinajstić information content (AvgIpc) is 2.40. The molecule has 19 heavy (non-hydrogen) atoms. The summed E-state index contributed by atoms with van der Waals surface area (Å²) in [6, 6.07) is 5.63. The molecule has 100 valence electrons. The van der Waals surface area contributed by atoms with Gasteiger partial charge >= 0.3 is 0 Å². The molecule has 0 bridgehead atoms. The van der Waals surface area contributed by atoms with Crippen LogP contribution < -0.4 is 10.6 Å². The van der Waals surface area contributed by atoms with E-state index in [4.69, 9.17) is 0 Å². The lowest BCUT2D eigenvalue weighted by Gasteiger charge is -2.21. The standard InChI is InChI=1S/C12H13N3O4/c16-11-6-1-8(7-13-11)12(17)14-9-2-4-10(5-3-9)15(18)19/h2-5,8H,1,6-7H2,(H,13,16)(H,14,17). The summed E-state index contributed by atoms with van der Waals surface area (Å²) in [5.74, 6) is -0.485. The number of benzene rings is 1. The predicted octanol–water partition coefficient (Wildman–Crippen LogP) is 1.06. The third kappa shape index (κ3) is 3.27. The number of carbonyl (C=O) groups is 2. The van der Waals surface area contributed by atoms with Crippen molar-refractivity contribution < 1.29 is 14.5 Å². The predicted molar refractivity (Wildman–Crippen MR) is 67.5 cm³/mol. The minimum atomic E-state index is -0.498. The number of nitro benzene ring substituents is 1. The van der Waals surface area contributed by atoms with Gasteiger partial charge in [0.2, 0.25) is 11.8 Å². The number of piperidine rings is 1. The molecule has 0 saturated carbocycles. The molecule has 1 fully saturated rings. The van der Waals surface area contributed by atoms with E-state index in [1.165, 1.54) is 24.3 Å². The summed E-state index contributed by atoms with van der Waals surface area (Å²) in [5, 5.41) is 15.8. The Morgan fingerprint density at radius 2 is 2.05 bits per heavy atom. The van der Waals surface area contributed by atoms with Gasteiger partial charge in [-0.3, -0.25) is 19.7 Å². The van der Waals surface area contributed by atoms with Crippen molar-refractivity contribution in [3.05, 3.63) is 34.4 Å². The number of non-ortho nitro benzene ring substituents is 1. The highest BCUT2D eigenvalue weighted by atomic mass is 16.6. The van der Waals surface area contributed by atoms with Gasteiger partial charge in [0.25, 0.3) is 5.69 Å². The third-order valence-corrected chi connectivity index (χ3v) is 2.98. The molecular weight excluding hydrogens is 250 g/mol. The van der Waals surface area contributed by atoms with E-state index in [0.717, 1.165) is 0 Å². The highest BCUT2D eigenvalue weighted by Crippen LogP contribution is 2.18. The maximum Gasteiger partial charge on any atom is 0.269 e. The van der Waals surface area contributed by atoms with Crippen LogP contribution in [0.2, 0.25) is 0 Å². The second-order valence-electron chi connectivity index (χ2n) is 4.33. The molecule has 1 atom stereocenters. The Bertz CT molecular complexity index is 502. The summed E-state index contributed by atoms with van der Waals surface area (Å²) in [6.07, 6.45) is 0.864. The number of nitro groups is 1. The van der Waals surface area contributed by atoms with Crippen molar-refractivity contribution >= 4 is 23.2 Å². The molecule has 1 aromatic rings. The van der Waals surface area contributed by atoms with Crippen molar-refractivity contribution in [2.24, 2.45) is 5.92 Å². The van der Waals surface area contributed by atoms with Crippen molar-refractivity contribution in [2.45, 2.75) is 12.8 Å². The molecule has 0 aromatic heterocycles. The molecule has 2 amide bonds. The van der Waals surface area contributed by atoms with E-state index in [2.05, 4.69) is 10.6 Å². The summed E-state index contributed by atoms with van der Waals surface area (Å²) < 4.78 is 0. The maximum absolute atomic E-state index is 11.9. The Balaban J connectivity index is 1.95. The van der Waals surface area contributed by atoms with E-state index in [1.807, 2.05) is 0 Å². The Morgan fingerprint density at radius 1 is 1.37 bits per heavy atom. The number of nitrogens with zero attached hydrogens (tertiary/aromatic N) is 1. The van der Waals surface area contributed by atoms with E-state index < -0.39 is 4.92 Å². The van der Waals surface area contributed by atoms with Gasteiger partial charge in [-0.15, -0.1) is 0 Å². The average molecular weight is 263 g/mol. The number of rotatable bonds is 3.